The molecule has 0 fully saturated rings. The largest absolute Gasteiger partial charge is 0.401 e. The zero-order valence-corrected chi connectivity index (χ0v) is 14.9. The predicted octanol–water partition coefficient (Wildman–Crippen LogP) is 4.03. The van der Waals surface area contributed by atoms with Gasteiger partial charge in [0.1, 0.15) is 0 Å². The molecule has 3 heteroatoms. The number of nitrogens with one attached hydrogen (secondary N) is 2. The van der Waals surface area contributed by atoms with Crippen molar-refractivity contribution in [2.45, 2.75) is 67.3 Å². The summed E-state index contributed by atoms with van der Waals surface area (Å²) in [5, 5.41) is 6.07. The Morgan fingerprint density at radius 2 is 1.53 bits per heavy atom. The molecule has 0 aliphatic heterocycles. The van der Waals surface area contributed by atoms with Crippen molar-refractivity contribution >= 4 is 0 Å². The Hall–Kier alpha value is -0.960. The number of rotatable bonds is 5. The molecule has 1 unspecified atom stereocenters. The van der Waals surface area contributed by atoms with Crippen LogP contribution in [0.25, 0.3) is 0 Å². The van der Waals surface area contributed by atoms with Gasteiger partial charge in [0.2, 0.25) is 0 Å². The van der Waals surface area contributed by atoms with E-state index in [-0.39, 0.29) is 6.04 Å². The summed E-state index contributed by atoms with van der Waals surface area (Å²) in [6.07, 6.45) is 4.11. The van der Waals surface area contributed by atoms with E-state index in [1.807, 2.05) is 48.0 Å². The van der Waals surface area contributed by atoms with Crippen LogP contribution in [0.5, 0.6) is 0 Å². The SMILES string of the molecule is C=C(N)C(CC(C)=CNC)NC.CC.CC.CCC. The fraction of sp³-hybridized carbons (Fsp3) is 0.750. The first kappa shape index (κ1) is 26.6. The van der Waals surface area contributed by atoms with Crippen LogP contribution in [-0.2, 0) is 0 Å². The minimum atomic E-state index is 0.176. The molecule has 0 aliphatic rings. The average Bonchev–Trinajstić information content (AvgIpc) is 2.41. The molecule has 0 spiro atoms. The summed E-state index contributed by atoms with van der Waals surface area (Å²) in [6.45, 7) is 18.0. The van der Waals surface area contributed by atoms with Crippen molar-refractivity contribution < 1.29 is 0 Å². The highest BCUT2D eigenvalue weighted by Crippen LogP contribution is 2.06. The molecule has 0 rings (SSSR count). The first-order valence-electron chi connectivity index (χ1n) is 7.47. The van der Waals surface area contributed by atoms with Crippen molar-refractivity contribution in [3.05, 3.63) is 24.0 Å². The van der Waals surface area contributed by atoms with E-state index in [1.54, 1.807) is 0 Å². The standard InChI is InChI=1S/C9H19N3.C3H8.2C2H6/c1-7(6-11-3)5-9(12-4)8(2)10;1-3-2;2*1-2/h6,9,11-12H,2,5,10H2,1,3-4H3;3H2,1-2H3;2*1-2H3. The molecule has 0 saturated heterocycles. The third kappa shape index (κ3) is 26.6. The van der Waals surface area contributed by atoms with E-state index in [0.29, 0.717) is 5.70 Å². The molecule has 0 heterocycles. The molecular formula is C16H39N3. The van der Waals surface area contributed by atoms with E-state index in [2.05, 4.69) is 38.0 Å². The first-order valence-corrected chi connectivity index (χ1v) is 7.47. The van der Waals surface area contributed by atoms with Crippen LogP contribution in [0.3, 0.4) is 0 Å². The van der Waals surface area contributed by atoms with Gasteiger partial charge in [-0.25, -0.2) is 0 Å². The van der Waals surface area contributed by atoms with Gasteiger partial charge < -0.3 is 16.4 Å². The van der Waals surface area contributed by atoms with E-state index in [4.69, 9.17) is 5.73 Å². The first-order chi connectivity index (χ1) is 9.03. The second-order valence-electron chi connectivity index (χ2n) is 3.61. The lowest BCUT2D eigenvalue weighted by Crippen LogP contribution is -2.31. The number of hydrogen-bond acceptors (Lipinski definition) is 3. The van der Waals surface area contributed by atoms with Crippen LogP contribution in [0.2, 0.25) is 0 Å². The van der Waals surface area contributed by atoms with Crippen molar-refractivity contribution in [1.29, 1.82) is 0 Å². The van der Waals surface area contributed by atoms with Crippen LogP contribution in [0.4, 0.5) is 0 Å². The third-order valence-electron chi connectivity index (χ3n) is 1.71. The molecule has 118 valence electrons. The van der Waals surface area contributed by atoms with E-state index < -0.39 is 0 Å². The molecule has 0 saturated carbocycles. The van der Waals surface area contributed by atoms with Crippen LogP contribution in [0.15, 0.2) is 24.0 Å². The highest BCUT2D eigenvalue weighted by Gasteiger charge is 2.06. The lowest BCUT2D eigenvalue weighted by molar-refractivity contribution is 0.623. The number of likely N-dealkylation sites (N-methyl/N-ethyl adjacent to an activating group) is 1. The molecule has 0 amide bonds. The van der Waals surface area contributed by atoms with Gasteiger partial charge in [0.15, 0.2) is 0 Å². The highest BCUT2D eigenvalue weighted by molar-refractivity contribution is 5.08. The smallest absolute Gasteiger partial charge is 0.0497 e. The van der Waals surface area contributed by atoms with E-state index >= 15 is 0 Å². The summed E-state index contributed by atoms with van der Waals surface area (Å²) in [5.41, 5.74) is 7.52. The molecule has 0 aromatic heterocycles. The summed E-state index contributed by atoms with van der Waals surface area (Å²) in [5.74, 6) is 0. The molecule has 0 radical (unpaired) electrons. The fourth-order valence-corrected chi connectivity index (χ4v) is 1.05. The van der Waals surface area contributed by atoms with Crippen molar-refractivity contribution in [3.8, 4) is 0 Å². The Bertz CT molecular complexity index is 186. The summed E-state index contributed by atoms with van der Waals surface area (Å²) in [7, 11) is 3.77. The van der Waals surface area contributed by atoms with Crippen LogP contribution in [0, 0.1) is 0 Å². The Kier molecular flexibility index (Phi) is 36.1. The van der Waals surface area contributed by atoms with Crippen LogP contribution in [0.1, 0.15) is 61.3 Å². The van der Waals surface area contributed by atoms with Crippen LogP contribution < -0.4 is 16.4 Å². The molecule has 1 atom stereocenters. The molecular weight excluding hydrogens is 234 g/mol. The Labute approximate surface area is 122 Å². The topological polar surface area (TPSA) is 50.1 Å². The van der Waals surface area contributed by atoms with Gasteiger partial charge in [-0.1, -0.05) is 60.1 Å². The lowest BCUT2D eigenvalue weighted by atomic mass is 10.1. The van der Waals surface area contributed by atoms with Gasteiger partial charge >= 0.3 is 0 Å². The second kappa shape index (κ2) is 25.8. The van der Waals surface area contributed by atoms with Gasteiger partial charge in [-0.05, 0) is 26.6 Å². The fourth-order valence-electron chi connectivity index (χ4n) is 1.05. The summed E-state index contributed by atoms with van der Waals surface area (Å²) in [4.78, 5) is 0. The monoisotopic (exact) mass is 273 g/mol. The molecule has 0 aliphatic carbocycles. The zero-order valence-electron chi connectivity index (χ0n) is 14.9. The van der Waals surface area contributed by atoms with E-state index in [9.17, 15) is 0 Å². The maximum absolute atomic E-state index is 5.59. The Balaban J connectivity index is -0.000000136. The number of nitrogens with two attached hydrogens (primary N) is 1. The van der Waals surface area contributed by atoms with Gasteiger partial charge in [-0.3, -0.25) is 0 Å². The molecule has 0 bridgehead atoms. The summed E-state index contributed by atoms with van der Waals surface area (Å²) < 4.78 is 0. The second-order valence-corrected chi connectivity index (χ2v) is 3.61. The van der Waals surface area contributed by atoms with Gasteiger partial charge in [-0.2, -0.15) is 0 Å². The van der Waals surface area contributed by atoms with Gasteiger partial charge in [0, 0.05) is 18.8 Å². The zero-order chi connectivity index (χ0) is 16.3. The van der Waals surface area contributed by atoms with E-state index in [0.717, 1.165) is 6.42 Å². The third-order valence-corrected chi connectivity index (χ3v) is 1.71. The summed E-state index contributed by atoms with van der Waals surface area (Å²) in [6, 6.07) is 0.176. The Morgan fingerprint density at radius 3 is 1.74 bits per heavy atom. The maximum atomic E-state index is 5.59. The van der Waals surface area contributed by atoms with Gasteiger partial charge in [-0.15, -0.1) is 0 Å². The highest BCUT2D eigenvalue weighted by atomic mass is 14.9. The van der Waals surface area contributed by atoms with Crippen LogP contribution in [-0.4, -0.2) is 20.1 Å². The van der Waals surface area contributed by atoms with E-state index in [1.165, 1.54) is 12.0 Å². The lowest BCUT2D eigenvalue weighted by Gasteiger charge is -2.15. The van der Waals surface area contributed by atoms with Crippen molar-refractivity contribution in [2.75, 3.05) is 14.1 Å². The number of hydrogen-bond donors (Lipinski definition) is 3. The Morgan fingerprint density at radius 1 is 1.16 bits per heavy atom. The minimum absolute atomic E-state index is 0.176. The molecule has 0 aromatic carbocycles. The van der Waals surface area contributed by atoms with Gasteiger partial charge in [0.25, 0.3) is 0 Å². The summed E-state index contributed by atoms with van der Waals surface area (Å²) >= 11 is 0. The van der Waals surface area contributed by atoms with Crippen molar-refractivity contribution in [1.82, 2.24) is 10.6 Å². The minimum Gasteiger partial charge on any atom is -0.401 e. The molecule has 0 aromatic rings. The normalized spacial score (nSPS) is 10.5. The molecule has 3 nitrogen and oxygen atoms in total. The average molecular weight is 274 g/mol. The van der Waals surface area contributed by atoms with Crippen LogP contribution >= 0.6 is 0 Å². The van der Waals surface area contributed by atoms with Crippen molar-refractivity contribution in [2.24, 2.45) is 5.73 Å². The molecule has 19 heavy (non-hydrogen) atoms. The van der Waals surface area contributed by atoms with Crippen molar-refractivity contribution in [3.63, 3.8) is 0 Å². The maximum Gasteiger partial charge on any atom is 0.0497 e. The quantitative estimate of drug-likeness (QED) is 0.709. The molecule has 4 N–H and O–H groups in total. The van der Waals surface area contributed by atoms with Gasteiger partial charge in [0.05, 0.1) is 0 Å². The predicted molar refractivity (Wildman–Crippen MR) is 92.3 cm³/mol.